The molecule has 8 heteroatoms. The van der Waals surface area contributed by atoms with Gasteiger partial charge in [-0.05, 0) is 24.3 Å². The Bertz CT molecular complexity index is 754. The Morgan fingerprint density at radius 3 is 2.62 bits per heavy atom. The van der Waals surface area contributed by atoms with E-state index in [0.717, 1.165) is 0 Å². The number of amides is 1. The summed E-state index contributed by atoms with van der Waals surface area (Å²) in [6.45, 7) is 0. The van der Waals surface area contributed by atoms with Gasteiger partial charge in [-0.15, -0.1) is 0 Å². The molecule has 1 amide bonds. The molecule has 0 radical (unpaired) electrons. The molecule has 0 aliphatic carbocycles. The average molecular weight is 282 g/mol. The number of aromatic amines is 1. The minimum Gasteiger partial charge on any atom is -0.438 e. The monoisotopic (exact) mass is 282 g/mol. The van der Waals surface area contributed by atoms with Crippen LogP contribution in [0.25, 0.3) is 11.3 Å². The van der Waals surface area contributed by atoms with Crippen molar-refractivity contribution in [1.29, 1.82) is 0 Å². The van der Waals surface area contributed by atoms with Crippen molar-refractivity contribution >= 4 is 5.91 Å². The topological polar surface area (TPSA) is 120 Å². The molecule has 0 bridgehead atoms. The molecule has 0 unspecified atom stereocenters. The Morgan fingerprint density at radius 2 is 1.95 bits per heavy atom. The molecule has 0 spiro atoms. The second-order valence-corrected chi connectivity index (χ2v) is 4.06. The van der Waals surface area contributed by atoms with Crippen molar-refractivity contribution in [2.24, 2.45) is 5.73 Å². The standard InChI is InChI=1S/C13H10N6O2/c14-13(20)12-11(17-19-18-12)8-1-3-9(4-2-8)21-10-7-15-5-6-16-10/h1-7H,(H2,14,20)(H,17,18,19). The van der Waals surface area contributed by atoms with Crippen LogP contribution in [0.15, 0.2) is 42.9 Å². The van der Waals surface area contributed by atoms with E-state index < -0.39 is 5.91 Å². The summed E-state index contributed by atoms with van der Waals surface area (Å²) >= 11 is 0. The second kappa shape index (κ2) is 5.37. The van der Waals surface area contributed by atoms with Gasteiger partial charge in [0.2, 0.25) is 5.88 Å². The molecule has 0 fully saturated rings. The first-order chi connectivity index (χ1) is 10.2. The van der Waals surface area contributed by atoms with Gasteiger partial charge in [-0.3, -0.25) is 9.78 Å². The van der Waals surface area contributed by atoms with E-state index in [1.807, 2.05) is 0 Å². The van der Waals surface area contributed by atoms with Crippen molar-refractivity contribution in [1.82, 2.24) is 25.4 Å². The van der Waals surface area contributed by atoms with Gasteiger partial charge in [0.25, 0.3) is 5.91 Å². The summed E-state index contributed by atoms with van der Waals surface area (Å²) in [5.41, 5.74) is 6.42. The van der Waals surface area contributed by atoms with Crippen LogP contribution in [0.3, 0.4) is 0 Å². The number of primary amides is 1. The molecule has 0 saturated carbocycles. The molecule has 3 rings (SSSR count). The molecule has 3 aromatic rings. The van der Waals surface area contributed by atoms with E-state index in [1.54, 1.807) is 30.5 Å². The van der Waals surface area contributed by atoms with E-state index in [2.05, 4.69) is 25.4 Å². The fraction of sp³-hybridized carbons (Fsp3) is 0. The first kappa shape index (κ1) is 12.7. The van der Waals surface area contributed by atoms with Crippen LogP contribution < -0.4 is 10.5 Å². The third-order valence-corrected chi connectivity index (χ3v) is 2.67. The molecule has 0 aliphatic rings. The van der Waals surface area contributed by atoms with Crippen LogP contribution in [0.1, 0.15) is 10.5 Å². The number of nitrogens with one attached hydrogen (secondary N) is 1. The zero-order valence-electron chi connectivity index (χ0n) is 10.7. The van der Waals surface area contributed by atoms with Gasteiger partial charge in [0, 0.05) is 18.0 Å². The van der Waals surface area contributed by atoms with Crippen molar-refractivity contribution < 1.29 is 9.53 Å². The SMILES string of the molecule is NC(=O)c1n[nH]nc1-c1ccc(Oc2cnccn2)cc1. The maximum Gasteiger partial charge on any atom is 0.271 e. The van der Waals surface area contributed by atoms with Gasteiger partial charge in [0.15, 0.2) is 5.69 Å². The summed E-state index contributed by atoms with van der Waals surface area (Å²) in [5, 5.41) is 10.0. The number of hydrogen-bond donors (Lipinski definition) is 2. The van der Waals surface area contributed by atoms with Crippen LogP contribution >= 0.6 is 0 Å². The Hall–Kier alpha value is -3.29. The number of carbonyl (C=O) groups is 1. The van der Waals surface area contributed by atoms with E-state index in [-0.39, 0.29) is 5.69 Å². The predicted octanol–water partition coefficient (Wildman–Crippen LogP) is 1.15. The quantitative estimate of drug-likeness (QED) is 0.740. The lowest BCUT2D eigenvalue weighted by Gasteiger charge is -2.04. The highest BCUT2D eigenvalue weighted by molar-refractivity contribution is 5.96. The van der Waals surface area contributed by atoms with E-state index in [0.29, 0.717) is 22.9 Å². The fourth-order valence-corrected chi connectivity index (χ4v) is 1.74. The van der Waals surface area contributed by atoms with Crippen LogP contribution in [0.4, 0.5) is 0 Å². The Balaban J connectivity index is 1.84. The molecule has 3 N–H and O–H groups in total. The zero-order valence-corrected chi connectivity index (χ0v) is 10.7. The van der Waals surface area contributed by atoms with Gasteiger partial charge in [-0.2, -0.15) is 15.4 Å². The maximum atomic E-state index is 11.2. The molecule has 21 heavy (non-hydrogen) atoms. The van der Waals surface area contributed by atoms with Crippen molar-refractivity contribution in [3.8, 4) is 22.9 Å². The Morgan fingerprint density at radius 1 is 1.14 bits per heavy atom. The molecule has 0 aliphatic heterocycles. The van der Waals surface area contributed by atoms with E-state index >= 15 is 0 Å². The summed E-state index contributed by atoms with van der Waals surface area (Å²) in [6, 6.07) is 6.94. The Labute approximate surface area is 119 Å². The zero-order chi connectivity index (χ0) is 14.7. The number of benzene rings is 1. The molecular weight excluding hydrogens is 272 g/mol. The smallest absolute Gasteiger partial charge is 0.271 e. The lowest BCUT2D eigenvalue weighted by Crippen LogP contribution is -2.12. The Kier molecular flexibility index (Phi) is 3.26. The number of aromatic nitrogens is 5. The van der Waals surface area contributed by atoms with Gasteiger partial charge in [0.1, 0.15) is 11.4 Å². The third kappa shape index (κ3) is 2.68. The highest BCUT2D eigenvalue weighted by atomic mass is 16.5. The van der Waals surface area contributed by atoms with Gasteiger partial charge in [0.05, 0.1) is 6.20 Å². The predicted molar refractivity (Wildman–Crippen MR) is 72.4 cm³/mol. The van der Waals surface area contributed by atoms with Crippen molar-refractivity contribution in [2.75, 3.05) is 0 Å². The molecule has 2 aromatic heterocycles. The second-order valence-electron chi connectivity index (χ2n) is 4.06. The number of nitrogens with zero attached hydrogens (tertiary/aromatic N) is 4. The normalized spacial score (nSPS) is 10.3. The highest BCUT2D eigenvalue weighted by Gasteiger charge is 2.14. The molecular formula is C13H10N6O2. The summed E-state index contributed by atoms with van der Waals surface area (Å²) in [5.74, 6) is 0.339. The van der Waals surface area contributed by atoms with Crippen molar-refractivity contribution in [2.45, 2.75) is 0 Å². The first-order valence-electron chi connectivity index (χ1n) is 5.99. The van der Waals surface area contributed by atoms with Crippen LogP contribution in [-0.2, 0) is 0 Å². The van der Waals surface area contributed by atoms with Gasteiger partial charge in [-0.25, -0.2) is 4.98 Å². The van der Waals surface area contributed by atoms with Crippen molar-refractivity contribution in [3.63, 3.8) is 0 Å². The maximum absolute atomic E-state index is 11.2. The van der Waals surface area contributed by atoms with Crippen LogP contribution in [0.2, 0.25) is 0 Å². The number of ether oxygens (including phenoxy) is 1. The first-order valence-corrected chi connectivity index (χ1v) is 5.99. The third-order valence-electron chi connectivity index (χ3n) is 2.67. The number of nitrogens with two attached hydrogens (primary N) is 1. The minimum absolute atomic E-state index is 0.0950. The summed E-state index contributed by atoms with van der Waals surface area (Å²) in [4.78, 5) is 19.1. The van der Waals surface area contributed by atoms with Crippen LogP contribution in [0, 0.1) is 0 Å². The summed E-state index contributed by atoms with van der Waals surface area (Å²) < 4.78 is 5.52. The molecule has 8 nitrogen and oxygen atoms in total. The molecule has 0 saturated heterocycles. The van der Waals surface area contributed by atoms with E-state index in [1.165, 1.54) is 12.4 Å². The highest BCUT2D eigenvalue weighted by Crippen LogP contribution is 2.24. The largest absolute Gasteiger partial charge is 0.438 e. The number of H-pyrrole nitrogens is 1. The van der Waals surface area contributed by atoms with E-state index in [4.69, 9.17) is 10.5 Å². The van der Waals surface area contributed by atoms with Gasteiger partial charge >= 0.3 is 0 Å². The van der Waals surface area contributed by atoms with Crippen LogP contribution in [0.5, 0.6) is 11.6 Å². The lowest BCUT2D eigenvalue weighted by molar-refractivity contribution is 0.0996. The van der Waals surface area contributed by atoms with Crippen molar-refractivity contribution in [3.05, 3.63) is 48.5 Å². The molecule has 0 atom stereocenters. The molecule has 2 heterocycles. The number of carbonyl (C=O) groups excluding carboxylic acids is 1. The minimum atomic E-state index is -0.640. The number of rotatable bonds is 4. The fourth-order valence-electron chi connectivity index (χ4n) is 1.74. The number of hydrogen-bond acceptors (Lipinski definition) is 6. The lowest BCUT2D eigenvalue weighted by atomic mass is 10.1. The van der Waals surface area contributed by atoms with Gasteiger partial charge < -0.3 is 10.5 Å². The molecule has 104 valence electrons. The average Bonchev–Trinajstić information content (AvgIpc) is 2.99. The van der Waals surface area contributed by atoms with Gasteiger partial charge in [-0.1, -0.05) is 0 Å². The van der Waals surface area contributed by atoms with E-state index in [9.17, 15) is 4.79 Å². The van der Waals surface area contributed by atoms with Crippen LogP contribution in [-0.4, -0.2) is 31.3 Å². The summed E-state index contributed by atoms with van der Waals surface area (Å²) in [7, 11) is 0. The summed E-state index contributed by atoms with van der Waals surface area (Å²) in [6.07, 6.45) is 4.61. The molecule has 1 aromatic carbocycles.